The van der Waals surface area contributed by atoms with E-state index in [0.29, 0.717) is 0 Å². The van der Waals surface area contributed by atoms with Crippen molar-refractivity contribution in [1.82, 2.24) is 25.2 Å². The van der Waals surface area contributed by atoms with Crippen LogP contribution in [0.25, 0.3) is 10.9 Å². The Morgan fingerprint density at radius 2 is 1.88 bits per heavy atom. The van der Waals surface area contributed by atoms with Gasteiger partial charge < -0.3 is 10.2 Å². The number of aryl methyl sites for hydroxylation is 1. The minimum atomic E-state index is -0.113. The Labute approximate surface area is 148 Å². The zero-order valence-electron chi connectivity index (χ0n) is 15.4. The van der Waals surface area contributed by atoms with E-state index in [-0.39, 0.29) is 18.0 Å². The quantitative estimate of drug-likeness (QED) is 0.905. The largest absolute Gasteiger partial charge is 0.353 e. The molecule has 0 radical (unpaired) electrons. The third-order valence-corrected chi connectivity index (χ3v) is 4.56. The van der Waals surface area contributed by atoms with Crippen LogP contribution in [0.4, 0.5) is 5.82 Å². The van der Waals surface area contributed by atoms with Crippen LogP contribution in [0.15, 0.2) is 18.5 Å². The smallest absolute Gasteiger partial charge is 0.237 e. The number of hydrogen-bond donors (Lipinski definition) is 1. The van der Waals surface area contributed by atoms with Crippen molar-refractivity contribution in [3.8, 4) is 0 Å². The van der Waals surface area contributed by atoms with E-state index in [0.717, 1.165) is 48.7 Å². The van der Waals surface area contributed by atoms with E-state index in [2.05, 4.69) is 30.1 Å². The zero-order chi connectivity index (χ0) is 18.0. The third-order valence-electron chi connectivity index (χ3n) is 4.56. The molecule has 7 heteroatoms. The minimum absolute atomic E-state index is 0.0952. The average molecular weight is 342 g/mol. The van der Waals surface area contributed by atoms with Gasteiger partial charge in [-0.2, -0.15) is 0 Å². The second-order valence-corrected chi connectivity index (χ2v) is 6.85. The number of fused-ring (bicyclic) bond motifs is 1. The van der Waals surface area contributed by atoms with Gasteiger partial charge in [0.15, 0.2) is 0 Å². The van der Waals surface area contributed by atoms with Crippen molar-refractivity contribution in [3.63, 3.8) is 0 Å². The molecule has 1 saturated heterocycles. The molecule has 1 fully saturated rings. The molecular weight excluding hydrogens is 316 g/mol. The summed E-state index contributed by atoms with van der Waals surface area (Å²) in [5, 5.41) is 4.02. The highest BCUT2D eigenvalue weighted by atomic mass is 16.2. The summed E-state index contributed by atoms with van der Waals surface area (Å²) in [5.74, 6) is 1.81. The van der Waals surface area contributed by atoms with E-state index in [1.54, 1.807) is 12.4 Å². The number of aromatic nitrogens is 3. The molecule has 0 spiro atoms. The van der Waals surface area contributed by atoms with Crippen molar-refractivity contribution < 1.29 is 4.79 Å². The Morgan fingerprint density at radius 3 is 2.56 bits per heavy atom. The van der Waals surface area contributed by atoms with Gasteiger partial charge in [0.1, 0.15) is 11.6 Å². The van der Waals surface area contributed by atoms with Crippen molar-refractivity contribution in [2.24, 2.45) is 0 Å². The van der Waals surface area contributed by atoms with Gasteiger partial charge in [-0.15, -0.1) is 0 Å². The lowest BCUT2D eigenvalue weighted by atomic mass is 10.2. The van der Waals surface area contributed by atoms with E-state index >= 15 is 0 Å². The molecule has 25 heavy (non-hydrogen) atoms. The van der Waals surface area contributed by atoms with Gasteiger partial charge in [0.25, 0.3) is 0 Å². The molecule has 3 heterocycles. The lowest BCUT2D eigenvalue weighted by molar-refractivity contribution is -0.126. The summed E-state index contributed by atoms with van der Waals surface area (Å²) in [6, 6.07) is 2.02. The van der Waals surface area contributed by atoms with Crippen molar-refractivity contribution >= 4 is 22.6 Å². The number of rotatable bonds is 4. The minimum Gasteiger partial charge on any atom is -0.353 e. The summed E-state index contributed by atoms with van der Waals surface area (Å²) in [4.78, 5) is 30.0. The van der Waals surface area contributed by atoms with Crippen LogP contribution in [0.5, 0.6) is 0 Å². The number of carbonyl (C=O) groups excluding carboxylic acids is 1. The maximum absolute atomic E-state index is 12.2. The molecule has 1 N–H and O–H groups in total. The first-order valence-electron chi connectivity index (χ1n) is 8.83. The Bertz CT molecular complexity index is 754. The van der Waals surface area contributed by atoms with Crippen LogP contribution >= 0.6 is 0 Å². The number of amides is 1. The molecule has 0 bridgehead atoms. The van der Waals surface area contributed by atoms with Crippen LogP contribution in [0.2, 0.25) is 0 Å². The van der Waals surface area contributed by atoms with Crippen molar-refractivity contribution in [2.45, 2.75) is 39.8 Å². The molecule has 1 aliphatic heterocycles. The van der Waals surface area contributed by atoms with Gasteiger partial charge in [0.05, 0.1) is 17.8 Å². The number of nitrogens with one attached hydrogen (secondary N) is 1. The number of nitrogens with zero attached hydrogens (tertiary/aromatic N) is 5. The molecule has 1 amide bonds. The first kappa shape index (κ1) is 17.5. The number of hydrogen-bond acceptors (Lipinski definition) is 6. The van der Waals surface area contributed by atoms with Crippen LogP contribution in [0.3, 0.4) is 0 Å². The summed E-state index contributed by atoms with van der Waals surface area (Å²) >= 11 is 0. The van der Waals surface area contributed by atoms with E-state index in [1.807, 2.05) is 33.8 Å². The van der Waals surface area contributed by atoms with E-state index < -0.39 is 0 Å². The molecule has 134 valence electrons. The predicted octanol–water partition coefficient (Wildman–Crippen LogP) is 1.37. The Morgan fingerprint density at radius 1 is 1.16 bits per heavy atom. The van der Waals surface area contributed by atoms with Crippen molar-refractivity contribution in [3.05, 3.63) is 24.3 Å². The zero-order valence-corrected chi connectivity index (χ0v) is 15.4. The van der Waals surface area contributed by atoms with Gasteiger partial charge in [-0.25, -0.2) is 9.97 Å². The fourth-order valence-electron chi connectivity index (χ4n) is 3.21. The first-order valence-corrected chi connectivity index (χ1v) is 8.83. The van der Waals surface area contributed by atoms with Crippen LogP contribution in [0.1, 0.15) is 26.6 Å². The van der Waals surface area contributed by atoms with Gasteiger partial charge in [-0.1, -0.05) is 0 Å². The van der Waals surface area contributed by atoms with Crippen molar-refractivity contribution in [2.75, 3.05) is 31.1 Å². The lowest BCUT2D eigenvalue weighted by Gasteiger charge is -2.38. The predicted molar refractivity (Wildman–Crippen MR) is 98.6 cm³/mol. The first-order chi connectivity index (χ1) is 12.0. The maximum Gasteiger partial charge on any atom is 0.237 e. The molecule has 1 aliphatic rings. The van der Waals surface area contributed by atoms with Gasteiger partial charge in [0, 0.05) is 43.8 Å². The highest BCUT2D eigenvalue weighted by Gasteiger charge is 2.27. The molecule has 0 aliphatic carbocycles. The standard InChI is InChI=1S/C18H26N6O/c1-12(2)20-18(25)13(3)23-7-9-24(10-8-23)17-15-5-6-19-11-16(15)21-14(4)22-17/h5-6,11-13H,7-10H2,1-4H3,(H,20,25). The summed E-state index contributed by atoms with van der Waals surface area (Å²) in [6.07, 6.45) is 3.56. The maximum atomic E-state index is 12.2. The van der Waals surface area contributed by atoms with Crippen LogP contribution in [-0.4, -0.2) is 64.0 Å². The van der Waals surface area contributed by atoms with Gasteiger partial charge in [0.2, 0.25) is 5.91 Å². The highest BCUT2D eigenvalue weighted by Crippen LogP contribution is 2.24. The lowest BCUT2D eigenvalue weighted by Crippen LogP contribution is -2.54. The fraction of sp³-hybridized carbons (Fsp3) is 0.556. The van der Waals surface area contributed by atoms with Gasteiger partial charge in [-0.3, -0.25) is 14.7 Å². The summed E-state index contributed by atoms with van der Waals surface area (Å²) in [6.45, 7) is 11.2. The molecule has 0 aromatic carbocycles. The van der Waals surface area contributed by atoms with Crippen molar-refractivity contribution in [1.29, 1.82) is 0 Å². The van der Waals surface area contributed by atoms with E-state index in [9.17, 15) is 4.79 Å². The summed E-state index contributed by atoms with van der Waals surface area (Å²) in [5.41, 5.74) is 0.872. The fourth-order valence-corrected chi connectivity index (χ4v) is 3.21. The Kier molecular flexibility index (Phi) is 5.13. The number of anilines is 1. The molecule has 2 aromatic heterocycles. The second kappa shape index (κ2) is 7.31. The average Bonchev–Trinajstić information content (AvgIpc) is 2.60. The van der Waals surface area contributed by atoms with E-state index in [1.165, 1.54) is 0 Å². The molecule has 7 nitrogen and oxygen atoms in total. The monoisotopic (exact) mass is 342 g/mol. The SMILES string of the molecule is Cc1nc(N2CCN(C(C)C(=O)NC(C)C)CC2)c2ccncc2n1. The Hall–Kier alpha value is -2.28. The summed E-state index contributed by atoms with van der Waals surface area (Å²) in [7, 11) is 0. The Balaban J connectivity index is 1.72. The molecule has 1 atom stereocenters. The third kappa shape index (κ3) is 3.87. The summed E-state index contributed by atoms with van der Waals surface area (Å²) < 4.78 is 0. The van der Waals surface area contributed by atoms with E-state index in [4.69, 9.17) is 0 Å². The normalized spacial score (nSPS) is 17.1. The molecule has 3 rings (SSSR count). The number of piperazine rings is 1. The van der Waals surface area contributed by atoms with Crippen LogP contribution in [0, 0.1) is 6.92 Å². The van der Waals surface area contributed by atoms with Crippen LogP contribution in [-0.2, 0) is 4.79 Å². The van der Waals surface area contributed by atoms with Crippen LogP contribution < -0.4 is 10.2 Å². The molecular formula is C18H26N6O. The topological polar surface area (TPSA) is 74.2 Å². The second-order valence-electron chi connectivity index (χ2n) is 6.85. The van der Waals surface area contributed by atoms with Gasteiger partial charge >= 0.3 is 0 Å². The molecule has 2 aromatic rings. The number of carbonyl (C=O) groups is 1. The number of pyridine rings is 1. The highest BCUT2D eigenvalue weighted by molar-refractivity contribution is 5.89. The van der Waals surface area contributed by atoms with Gasteiger partial charge in [-0.05, 0) is 33.8 Å². The molecule has 1 unspecified atom stereocenters. The molecule has 0 saturated carbocycles.